The van der Waals surface area contributed by atoms with Crippen LogP contribution in [0.5, 0.6) is 0 Å². The van der Waals surface area contributed by atoms with Crippen molar-refractivity contribution in [3.63, 3.8) is 0 Å². The lowest BCUT2D eigenvalue weighted by Gasteiger charge is -2.04. The zero-order valence-corrected chi connectivity index (χ0v) is 14.3. The number of rotatable bonds is 3. The second-order valence-electron chi connectivity index (χ2n) is 5.97. The van der Waals surface area contributed by atoms with Crippen molar-refractivity contribution in [2.75, 3.05) is 5.32 Å². The minimum atomic E-state index is -0.441. The summed E-state index contributed by atoms with van der Waals surface area (Å²) in [4.78, 5) is 24.2. The van der Waals surface area contributed by atoms with Gasteiger partial charge in [-0.25, -0.2) is 9.48 Å². The molecule has 7 heteroatoms. The van der Waals surface area contributed by atoms with E-state index in [2.05, 4.69) is 10.4 Å². The predicted octanol–water partition coefficient (Wildman–Crippen LogP) is 2.88. The molecule has 0 aliphatic rings. The standard InChI is InChI=1S/C19H16N4O3/c1-12-15(11-23(21-12)14-6-4-3-5-7-14)18(24)20-13-8-9-16-17(10-13)26-19(25)22(16)2/h3-11H,1-2H3,(H,20,24). The van der Waals surface area contributed by atoms with Crippen LogP contribution in [0.4, 0.5) is 5.69 Å². The molecule has 2 aromatic heterocycles. The Kier molecular flexibility index (Phi) is 3.69. The summed E-state index contributed by atoms with van der Waals surface area (Å²) in [5.74, 6) is -0.717. The highest BCUT2D eigenvalue weighted by Crippen LogP contribution is 2.19. The van der Waals surface area contributed by atoms with Gasteiger partial charge < -0.3 is 9.73 Å². The van der Waals surface area contributed by atoms with Crippen molar-refractivity contribution in [1.29, 1.82) is 0 Å². The third-order valence-corrected chi connectivity index (χ3v) is 4.21. The Morgan fingerprint density at radius 2 is 1.92 bits per heavy atom. The third kappa shape index (κ3) is 2.69. The lowest BCUT2D eigenvalue weighted by molar-refractivity contribution is 0.102. The average molecular weight is 348 g/mol. The molecule has 0 atom stereocenters. The molecule has 0 aliphatic heterocycles. The number of aromatic nitrogens is 3. The number of nitrogens with one attached hydrogen (secondary N) is 1. The lowest BCUT2D eigenvalue weighted by atomic mass is 10.2. The van der Waals surface area contributed by atoms with E-state index < -0.39 is 5.76 Å². The lowest BCUT2D eigenvalue weighted by Crippen LogP contribution is -2.12. The van der Waals surface area contributed by atoms with Crippen molar-refractivity contribution < 1.29 is 9.21 Å². The Hall–Kier alpha value is -3.61. The van der Waals surface area contributed by atoms with E-state index in [0.717, 1.165) is 5.69 Å². The number of para-hydroxylation sites is 1. The second-order valence-corrected chi connectivity index (χ2v) is 5.97. The van der Waals surface area contributed by atoms with Gasteiger partial charge in [-0.1, -0.05) is 18.2 Å². The molecule has 4 rings (SSSR count). The molecule has 0 aliphatic carbocycles. The first-order valence-electron chi connectivity index (χ1n) is 8.05. The number of aryl methyl sites for hydroxylation is 2. The van der Waals surface area contributed by atoms with Crippen LogP contribution in [0, 0.1) is 6.92 Å². The molecular formula is C19H16N4O3. The number of hydrogen-bond acceptors (Lipinski definition) is 4. The third-order valence-electron chi connectivity index (χ3n) is 4.21. The molecule has 0 saturated carbocycles. The normalized spacial score (nSPS) is 11.0. The number of fused-ring (bicyclic) bond motifs is 1. The quantitative estimate of drug-likeness (QED) is 0.617. The maximum absolute atomic E-state index is 12.6. The van der Waals surface area contributed by atoms with Gasteiger partial charge in [0.15, 0.2) is 5.58 Å². The molecule has 2 heterocycles. The molecule has 0 radical (unpaired) electrons. The first-order chi connectivity index (χ1) is 12.5. The summed E-state index contributed by atoms with van der Waals surface area (Å²) < 4.78 is 8.23. The largest absolute Gasteiger partial charge is 0.419 e. The van der Waals surface area contributed by atoms with Gasteiger partial charge in [-0.05, 0) is 31.2 Å². The summed E-state index contributed by atoms with van der Waals surface area (Å²) in [7, 11) is 1.63. The Balaban J connectivity index is 1.62. The fourth-order valence-electron chi connectivity index (χ4n) is 2.81. The van der Waals surface area contributed by atoms with Crippen LogP contribution in [-0.4, -0.2) is 20.3 Å². The van der Waals surface area contributed by atoms with Gasteiger partial charge in [0.2, 0.25) is 0 Å². The van der Waals surface area contributed by atoms with Crippen LogP contribution in [0.3, 0.4) is 0 Å². The van der Waals surface area contributed by atoms with E-state index >= 15 is 0 Å². The Bertz CT molecular complexity index is 1170. The SMILES string of the molecule is Cc1nn(-c2ccccc2)cc1C(=O)Nc1ccc2c(c1)oc(=O)n2C. The van der Waals surface area contributed by atoms with Gasteiger partial charge in [0, 0.05) is 25.0 Å². The van der Waals surface area contributed by atoms with Gasteiger partial charge in [0.25, 0.3) is 5.91 Å². The van der Waals surface area contributed by atoms with E-state index in [4.69, 9.17) is 4.42 Å². The highest BCUT2D eigenvalue weighted by molar-refractivity contribution is 6.05. The number of carbonyl (C=O) groups is 1. The van der Waals surface area contributed by atoms with Crippen molar-refractivity contribution in [2.24, 2.45) is 7.05 Å². The Labute approximate surface area is 148 Å². The van der Waals surface area contributed by atoms with Gasteiger partial charge in [-0.3, -0.25) is 9.36 Å². The number of carbonyl (C=O) groups excluding carboxylic acids is 1. The van der Waals surface area contributed by atoms with Crippen LogP contribution < -0.4 is 11.1 Å². The molecule has 0 bridgehead atoms. The van der Waals surface area contributed by atoms with Crippen molar-refractivity contribution in [1.82, 2.24) is 14.3 Å². The maximum Gasteiger partial charge on any atom is 0.419 e. The van der Waals surface area contributed by atoms with Gasteiger partial charge in [0.05, 0.1) is 22.5 Å². The first kappa shape index (κ1) is 15.9. The van der Waals surface area contributed by atoms with E-state index in [1.807, 2.05) is 30.3 Å². The van der Waals surface area contributed by atoms with Crippen LogP contribution in [0.1, 0.15) is 16.1 Å². The zero-order valence-electron chi connectivity index (χ0n) is 14.3. The van der Waals surface area contributed by atoms with E-state index in [1.165, 1.54) is 4.57 Å². The van der Waals surface area contributed by atoms with E-state index in [-0.39, 0.29) is 5.91 Å². The average Bonchev–Trinajstić information content (AvgIpc) is 3.16. The number of hydrogen-bond donors (Lipinski definition) is 1. The minimum Gasteiger partial charge on any atom is -0.408 e. The number of amides is 1. The molecule has 2 aromatic carbocycles. The molecule has 0 spiro atoms. The van der Waals surface area contributed by atoms with Crippen LogP contribution >= 0.6 is 0 Å². The predicted molar refractivity (Wildman–Crippen MR) is 97.7 cm³/mol. The van der Waals surface area contributed by atoms with Crippen LogP contribution in [0.2, 0.25) is 0 Å². The maximum atomic E-state index is 12.6. The fraction of sp³-hybridized carbons (Fsp3) is 0.105. The Morgan fingerprint density at radius 1 is 1.15 bits per heavy atom. The first-order valence-corrected chi connectivity index (χ1v) is 8.05. The molecular weight excluding hydrogens is 332 g/mol. The van der Waals surface area contributed by atoms with Crippen LogP contribution in [0.15, 0.2) is 63.9 Å². The summed E-state index contributed by atoms with van der Waals surface area (Å²) in [6.07, 6.45) is 1.70. The number of anilines is 1. The number of oxazole rings is 1. The number of benzene rings is 2. The summed E-state index contributed by atoms with van der Waals surface area (Å²) >= 11 is 0. The molecule has 1 N–H and O–H groups in total. The van der Waals surface area contributed by atoms with Crippen molar-refractivity contribution in [2.45, 2.75) is 6.92 Å². The smallest absolute Gasteiger partial charge is 0.408 e. The molecule has 26 heavy (non-hydrogen) atoms. The number of nitrogens with zero attached hydrogens (tertiary/aromatic N) is 3. The molecule has 4 aromatic rings. The summed E-state index contributed by atoms with van der Waals surface area (Å²) in [5, 5.41) is 7.22. The van der Waals surface area contributed by atoms with E-state index in [0.29, 0.717) is 28.0 Å². The van der Waals surface area contributed by atoms with Gasteiger partial charge >= 0.3 is 5.76 Å². The van der Waals surface area contributed by atoms with Crippen molar-refractivity contribution >= 4 is 22.7 Å². The molecule has 130 valence electrons. The molecule has 0 saturated heterocycles. The highest BCUT2D eigenvalue weighted by atomic mass is 16.4. The van der Waals surface area contributed by atoms with Crippen LogP contribution in [-0.2, 0) is 7.05 Å². The van der Waals surface area contributed by atoms with Gasteiger partial charge in [-0.15, -0.1) is 0 Å². The summed E-state index contributed by atoms with van der Waals surface area (Å²) in [6.45, 7) is 1.79. The monoisotopic (exact) mass is 348 g/mol. The van der Waals surface area contributed by atoms with E-state index in [9.17, 15) is 9.59 Å². The zero-order chi connectivity index (χ0) is 18.3. The fourth-order valence-corrected chi connectivity index (χ4v) is 2.81. The second kappa shape index (κ2) is 6.03. The minimum absolute atomic E-state index is 0.276. The molecule has 7 nitrogen and oxygen atoms in total. The molecule has 0 fully saturated rings. The summed E-state index contributed by atoms with van der Waals surface area (Å²) in [5.41, 5.74) is 3.61. The topological polar surface area (TPSA) is 82.1 Å². The molecule has 1 amide bonds. The van der Waals surface area contributed by atoms with Gasteiger partial charge in [0.1, 0.15) is 0 Å². The van der Waals surface area contributed by atoms with Crippen molar-refractivity contribution in [3.8, 4) is 5.69 Å². The summed E-state index contributed by atoms with van der Waals surface area (Å²) in [6, 6.07) is 14.7. The van der Waals surface area contributed by atoms with Crippen molar-refractivity contribution in [3.05, 3.63) is 76.5 Å². The van der Waals surface area contributed by atoms with Gasteiger partial charge in [-0.2, -0.15) is 5.10 Å². The van der Waals surface area contributed by atoms with E-state index in [1.54, 1.807) is 43.0 Å². The highest BCUT2D eigenvalue weighted by Gasteiger charge is 2.15. The van der Waals surface area contributed by atoms with Crippen LogP contribution in [0.25, 0.3) is 16.8 Å². The Morgan fingerprint density at radius 3 is 2.69 bits per heavy atom. The molecule has 0 unspecified atom stereocenters.